The summed E-state index contributed by atoms with van der Waals surface area (Å²) in [5.74, 6) is 0.178. The van der Waals surface area contributed by atoms with Crippen LogP contribution in [-0.4, -0.2) is 35.9 Å². The van der Waals surface area contributed by atoms with Crippen LogP contribution in [0.2, 0.25) is 0 Å². The van der Waals surface area contributed by atoms with Gasteiger partial charge in [0.1, 0.15) is 12.4 Å². The molecule has 6 nitrogen and oxygen atoms in total. The average molecular weight is 375 g/mol. The molecule has 0 radical (unpaired) electrons. The SMILES string of the molecule is Cc1cc(-c2cc(NC(=O)NCC(C)C)c(F)cc2C)cc(OCCO)n1. The molecule has 0 bridgehead atoms. The number of nitrogens with one attached hydrogen (secondary N) is 2. The summed E-state index contributed by atoms with van der Waals surface area (Å²) in [6, 6.07) is 6.12. The van der Waals surface area contributed by atoms with Gasteiger partial charge in [0.25, 0.3) is 0 Å². The number of carbonyl (C=O) groups is 1. The Morgan fingerprint density at radius 3 is 2.67 bits per heavy atom. The van der Waals surface area contributed by atoms with Crippen molar-refractivity contribution in [3.05, 3.63) is 41.3 Å². The third kappa shape index (κ3) is 5.92. The second-order valence-corrected chi connectivity index (χ2v) is 6.78. The topological polar surface area (TPSA) is 83.5 Å². The Labute approximate surface area is 158 Å². The molecule has 146 valence electrons. The quantitative estimate of drug-likeness (QED) is 0.690. The maximum atomic E-state index is 14.3. The van der Waals surface area contributed by atoms with Gasteiger partial charge < -0.3 is 20.5 Å². The van der Waals surface area contributed by atoms with Gasteiger partial charge in [-0.3, -0.25) is 0 Å². The lowest BCUT2D eigenvalue weighted by atomic mass is 9.99. The Kier molecular flexibility index (Phi) is 7.12. The van der Waals surface area contributed by atoms with Crippen molar-refractivity contribution in [2.24, 2.45) is 5.92 Å². The van der Waals surface area contributed by atoms with Crippen molar-refractivity contribution in [1.82, 2.24) is 10.3 Å². The molecular formula is C20H26FN3O3. The normalized spacial score (nSPS) is 10.8. The summed E-state index contributed by atoms with van der Waals surface area (Å²) in [7, 11) is 0. The lowest BCUT2D eigenvalue weighted by molar-refractivity contribution is 0.196. The predicted octanol–water partition coefficient (Wildman–Crippen LogP) is 3.65. The Hall–Kier alpha value is -2.67. The molecule has 2 aromatic rings. The molecule has 0 fully saturated rings. The first-order chi connectivity index (χ1) is 12.8. The van der Waals surface area contributed by atoms with Crippen LogP contribution in [0.4, 0.5) is 14.9 Å². The Balaban J connectivity index is 2.32. The predicted molar refractivity (Wildman–Crippen MR) is 104 cm³/mol. The van der Waals surface area contributed by atoms with Crippen molar-refractivity contribution in [1.29, 1.82) is 0 Å². The zero-order chi connectivity index (χ0) is 20.0. The maximum Gasteiger partial charge on any atom is 0.319 e. The van der Waals surface area contributed by atoms with Crippen molar-refractivity contribution in [2.75, 3.05) is 25.1 Å². The smallest absolute Gasteiger partial charge is 0.319 e. The van der Waals surface area contributed by atoms with Crippen LogP contribution in [0.3, 0.4) is 0 Å². The van der Waals surface area contributed by atoms with E-state index in [-0.39, 0.29) is 18.9 Å². The second-order valence-electron chi connectivity index (χ2n) is 6.78. The minimum Gasteiger partial charge on any atom is -0.475 e. The number of aliphatic hydroxyl groups is 1. The highest BCUT2D eigenvalue weighted by molar-refractivity contribution is 5.90. The second kappa shape index (κ2) is 9.32. The molecule has 1 aromatic heterocycles. The van der Waals surface area contributed by atoms with Crippen LogP contribution in [0.5, 0.6) is 5.88 Å². The van der Waals surface area contributed by atoms with Gasteiger partial charge in [-0.05, 0) is 54.7 Å². The number of pyridine rings is 1. The van der Waals surface area contributed by atoms with Crippen LogP contribution < -0.4 is 15.4 Å². The number of halogens is 1. The van der Waals surface area contributed by atoms with Crippen molar-refractivity contribution in [3.8, 4) is 17.0 Å². The zero-order valence-electron chi connectivity index (χ0n) is 16.1. The van der Waals surface area contributed by atoms with Crippen LogP contribution in [0.15, 0.2) is 24.3 Å². The Morgan fingerprint density at radius 1 is 1.26 bits per heavy atom. The largest absolute Gasteiger partial charge is 0.475 e. The summed E-state index contributed by atoms with van der Waals surface area (Å²) < 4.78 is 19.7. The molecule has 3 N–H and O–H groups in total. The van der Waals surface area contributed by atoms with E-state index in [0.717, 1.165) is 22.4 Å². The van der Waals surface area contributed by atoms with E-state index >= 15 is 0 Å². The molecule has 1 heterocycles. The van der Waals surface area contributed by atoms with E-state index in [2.05, 4.69) is 15.6 Å². The molecule has 2 amide bonds. The number of nitrogens with zero attached hydrogens (tertiary/aromatic N) is 1. The fourth-order valence-electron chi connectivity index (χ4n) is 2.56. The number of hydrogen-bond acceptors (Lipinski definition) is 4. The number of benzene rings is 1. The summed E-state index contributed by atoms with van der Waals surface area (Å²) >= 11 is 0. The number of urea groups is 1. The molecule has 0 spiro atoms. The van der Waals surface area contributed by atoms with Crippen LogP contribution in [0.1, 0.15) is 25.1 Å². The van der Waals surface area contributed by atoms with E-state index in [9.17, 15) is 9.18 Å². The first-order valence-electron chi connectivity index (χ1n) is 8.88. The zero-order valence-corrected chi connectivity index (χ0v) is 16.1. The van der Waals surface area contributed by atoms with Crippen molar-refractivity contribution in [3.63, 3.8) is 0 Å². The molecule has 7 heteroatoms. The van der Waals surface area contributed by atoms with Gasteiger partial charge in [-0.1, -0.05) is 13.8 Å². The van der Waals surface area contributed by atoms with Gasteiger partial charge in [-0.25, -0.2) is 14.2 Å². The van der Waals surface area contributed by atoms with E-state index in [1.165, 1.54) is 6.07 Å². The maximum absolute atomic E-state index is 14.3. The summed E-state index contributed by atoms with van der Waals surface area (Å²) in [5.41, 5.74) is 3.10. The summed E-state index contributed by atoms with van der Waals surface area (Å²) in [6.07, 6.45) is 0. The average Bonchev–Trinajstić information content (AvgIpc) is 2.60. The molecule has 0 aliphatic carbocycles. The van der Waals surface area contributed by atoms with Gasteiger partial charge in [0.15, 0.2) is 0 Å². The number of hydrogen-bond donors (Lipinski definition) is 3. The number of aryl methyl sites for hydroxylation is 2. The van der Waals surface area contributed by atoms with E-state index in [4.69, 9.17) is 9.84 Å². The van der Waals surface area contributed by atoms with Gasteiger partial charge in [0.05, 0.1) is 12.3 Å². The summed E-state index contributed by atoms with van der Waals surface area (Å²) in [6.45, 7) is 8.11. The van der Waals surface area contributed by atoms with Crippen LogP contribution >= 0.6 is 0 Å². The van der Waals surface area contributed by atoms with Gasteiger partial charge in [-0.2, -0.15) is 0 Å². The van der Waals surface area contributed by atoms with Crippen molar-refractivity contribution in [2.45, 2.75) is 27.7 Å². The standard InChI is InChI=1S/C20H26FN3O3/c1-12(2)11-22-20(26)24-18-10-16(13(3)7-17(18)21)15-8-14(4)23-19(9-15)27-6-5-25/h7-10,12,25H,5-6,11H2,1-4H3,(H2,22,24,26). The van der Waals surface area contributed by atoms with E-state index in [1.807, 2.05) is 26.8 Å². The van der Waals surface area contributed by atoms with E-state index < -0.39 is 11.8 Å². The first kappa shape index (κ1) is 20.6. The number of aliphatic hydroxyl groups excluding tert-OH is 1. The number of amides is 2. The molecule has 0 unspecified atom stereocenters. The third-order valence-corrected chi connectivity index (χ3v) is 3.82. The number of ether oxygens (including phenoxy) is 1. The van der Waals surface area contributed by atoms with Crippen LogP contribution in [0.25, 0.3) is 11.1 Å². The lowest BCUT2D eigenvalue weighted by Crippen LogP contribution is -2.32. The number of carbonyl (C=O) groups excluding carboxylic acids is 1. The molecule has 0 saturated carbocycles. The molecule has 1 aromatic carbocycles. The highest BCUT2D eigenvalue weighted by Gasteiger charge is 2.13. The van der Waals surface area contributed by atoms with E-state index in [0.29, 0.717) is 18.3 Å². The van der Waals surface area contributed by atoms with Gasteiger partial charge in [0.2, 0.25) is 5.88 Å². The van der Waals surface area contributed by atoms with E-state index in [1.54, 1.807) is 19.1 Å². The Morgan fingerprint density at radius 2 is 2.00 bits per heavy atom. The lowest BCUT2D eigenvalue weighted by Gasteiger charge is -2.14. The van der Waals surface area contributed by atoms with Gasteiger partial charge >= 0.3 is 6.03 Å². The molecule has 2 rings (SSSR count). The first-order valence-corrected chi connectivity index (χ1v) is 8.88. The fraction of sp³-hybridized carbons (Fsp3) is 0.400. The molecule has 0 aliphatic heterocycles. The minimum absolute atomic E-state index is 0.101. The molecule has 0 aliphatic rings. The summed E-state index contributed by atoms with van der Waals surface area (Å²) in [4.78, 5) is 16.3. The highest BCUT2D eigenvalue weighted by atomic mass is 19.1. The number of anilines is 1. The summed E-state index contributed by atoms with van der Waals surface area (Å²) in [5, 5.41) is 14.2. The monoisotopic (exact) mass is 375 g/mol. The number of rotatable bonds is 7. The third-order valence-electron chi connectivity index (χ3n) is 3.82. The van der Waals surface area contributed by atoms with Gasteiger partial charge in [0, 0.05) is 18.3 Å². The van der Waals surface area contributed by atoms with Crippen molar-refractivity contribution < 1.29 is 19.0 Å². The fourth-order valence-corrected chi connectivity index (χ4v) is 2.56. The van der Waals surface area contributed by atoms with Crippen LogP contribution in [0, 0.1) is 25.6 Å². The number of aromatic nitrogens is 1. The van der Waals surface area contributed by atoms with Crippen LogP contribution in [-0.2, 0) is 0 Å². The Bertz CT molecular complexity index is 809. The molecule has 0 atom stereocenters. The minimum atomic E-state index is -0.501. The van der Waals surface area contributed by atoms with Gasteiger partial charge in [-0.15, -0.1) is 0 Å². The molecular weight excluding hydrogens is 349 g/mol. The highest BCUT2D eigenvalue weighted by Crippen LogP contribution is 2.31. The molecule has 27 heavy (non-hydrogen) atoms. The molecule has 0 saturated heterocycles. The van der Waals surface area contributed by atoms with Crippen molar-refractivity contribution >= 4 is 11.7 Å².